The minimum Gasteiger partial charge on any atom is -0.490 e. The van der Waals surface area contributed by atoms with Crippen LogP contribution in [-0.2, 0) is 0 Å². The van der Waals surface area contributed by atoms with Gasteiger partial charge < -0.3 is 9.84 Å². The molecule has 0 fully saturated rings. The number of carbonyl (C=O) groups is 1. The Bertz CT molecular complexity index is 386. The Balaban J connectivity index is 3.22. The Morgan fingerprint density at radius 3 is 2.53 bits per heavy atom. The molecule has 0 unspecified atom stereocenters. The molecule has 0 heterocycles. The average Bonchev–Trinajstić information content (AvgIpc) is 2.09. The van der Waals surface area contributed by atoms with Gasteiger partial charge in [0.15, 0.2) is 0 Å². The number of aryl methyl sites for hydroxylation is 1. The van der Waals surface area contributed by atoms with Crippen molar-refractivity contribution < 1.29 is 19.0 Å². The summed E-state index contributed by atoms with van der Waals surface area (Å²) in [6.07, 6.45) is -0.190. The standard InChI is InChI=1S/C11H13FO3/c1-6(2)15-10-5-9(12)7(3)4-8(10)11(13)14/h4-6H,1-3H3,(H,13,14). The van der Waals surface area contributed by atoms with E-state index >= 15 is 0 Å². The molecule has 0 spiro atoms. The molecule has 82 valence electrons. The highest BCUT2D eigenvalue weighted by atomic mass is 19.1. The topological polar surface area (TPSA) is 46.5 Å². The molecule has 0 saturated carbocycles. The zero-order chi connectivity index (χ0) is 11.6. The van der Waals surface area contributed by atoms with E-state index in [2.05, 4.69) is 0 Å². The van der Waals surface area contributed by atoms with Gasteiger partial charge in [0.1, 0.15) is 17.1 Å². The van der Waals surface area contributed by atoms with Crippen molar-refractivity contribution in [2.45, 2.75) is 26.9 Å². The second-order valence-electron chi connectivity index (χ2n) is 3.57. The predicted molar refractivity (Wildman–Crippen MR) is 53.9 cm³/mol. The number of hydrogen-bond acceptors (Lipinski definition) is 2. The lowest BCUT2D eigenvalue weighted by Gasteiger charge is -2.13. The molecule has 1 rings (SSSR count). The number of benzene rings is 1. The Kier molecular flexibility index (Phi) is 3.29. The van der Waals surface area contributed by atoms with Crippen molar-refractivity contribution in [3.05, 3.63) is 29.1 Å². The molecule has 0 atom stereocenters. The molecular formula is C11H13FO3. The van der Waals surface area contributed by atoms with E-state index in [0.29, 0.717) is 5.56 Å². The maximum Gasteiger partial charge on any atom is 0.339 e. The highest BCUT2D eigenvalue weighted by Crippen LogP contribution is 2.23. The van der Waals surface area contributed by atoms with E-state index in [0.717, 1.165) is 6.07 Å². The number of rotatable bonds is 3. The highest BCUT2D eigenvalue weighted by Gasteiger charge is 2.15. The van der Waals surface area contributed by atoms with E-state index in [-0.39, 0.29) is 17.4 Å². The third-order valence-electron chi connectivity index (χ3n) is 1.85. The van der Waals surface area contributed by atoms with Crippen LogP contribution in [0, 0.1) is 12.7 Å². The lowest BCUT2D eigenvalue weighted by atomic mass is 10.1. The Morgan fingerprint density at radius 2 is 2.07 bits per heavy atom. The SMILES string of the molecule is Cc1cc(C(=O)O)c(OC(C)C)cc1F. The maximum absolute atomic E-state index is 13.2. The zero-order valence-corrected chi connectivity index (χ0v) is 8.87. The van der Waals surface area contributed by atoms with Crippen LogP contribution in [0.15, 0.2) is 12.1 Å². The van der Waals surface area contributed by atoms with Crippen LogP contribution in [0.4, 0.5) is 4.39 Å². The quantitative estimate of drug-likeness (QED) is 0.837. The summed E-state index contributed by atoms with van der Waals surface area (Å²) in [4.78, 5) is 10.9. The highest BCUT2D eigenvalue weighted by molar-refractivity contribution is 5.91. The fourth-order valence-corrected chi connectivity index (χ4v) is 1.18. The van der Waals surface area contributed by atoms with Crippen molar-refractivity contribution in [1.82, 2.24) is 0 Å². The lowest BCUT2D eigenvalue weighted by Crippen LogP contribution is -2.10. The smallest absolute Gasteiger partial charge is 0.339 e. The second-order valence-corrected chi connectivity index (χ2v) is 3.57. The first-order chi connectivity index (χ1) is 6.91. The van der Waals surface area contributed by atoms with Crippen LogP contribution in [0.5, 0.6) is 5.75 Å². The van der Waals surface area contributed by atoms with Crippen molar-refractivity contribution in [3.63, 3.8) is 0 Å². The Hall–Kier alpha value is -1.58. The minimum atomic E-state index is -1.12. The predicted octanol–water partition coefficient (Wildman–Crippen LogP) is 2.62. The van der Waals surface area contributed by atoms with E-state index in [1.807, 2.05) is 0 Å². The molecule has 0 aromatic heterocycles. The molecule has 4 heteroatoms. The van der Waals surface area contributed by atoms with Crippen LogP contribution >= 0.6 is 0 Å². The van der Waals surface area contributed by atoms with Crippen molar-refractivity contribution >= 4 is 5.97 Å². The summed E-state index contributed by atoms with van der Waals surface area (Å²) in [6.45, 7) is 5.02. The number of aromatic carboxylic acids is 1. The van der Waals surface area contributed by atoms with Gasteiger partial charge in [-0.25, -0.2) is 9.18 Å². The Morgan fingerprint density at radius 1 is 1.47 bits per heavy atom. The molecule has 0 aliphatic heterocycles. The van der Waals surface area contributed by atoms with E-state index in [9.17, 15) is 9.18 Å². The lowest BCUT2D eigenvalue weighted by molar-refractivity contribution is 0.0690. The number of carboxylic acid groups (broad SMARTS) is 1. The molecule has 0 aliphatic rings. The number of ether oxygens (including phenoxy) is 1. The molecule has 0 bridgehead atoms. The van der Waals surface area contributed by atoms with Crippen molar-refractivity contribution in [3.8, 4) is 5.75 Å². The van der Waals surface area contributed by atoms with Crippen molar-refractivity contribution in [1.29, 1.82) is 0 Å². The average molecular weight is 212 g/mol. The molecule has 0 radical (unpaired) electrons. The molecule has 0 saturated heterocycles. The number of hydrogen-bond donors (Lipinski definition) is 1. The monoisotopic (exact) mass is 212 g/mol. The normalized spacial score (nSPS) is 10.5. The van der Waals surface area contributed by atoms with Crippen molar-refractivity contribution in [2.75, 3.05) is 0 Å². The van der Waals surface area contributed by atoms with Crippen LogP contribution in [0.25, 0.3) is 0 Å². The molecule has 0 amide bonds. The van der Waals surface area contributed by atoms with Gasteiger partial charge >= 0.3 is 5.97 Å². The fraction of sp³-hybridized carbons (Fsp3) is 0.364. The van der Waals surface area contributed by atoms with Gasteiger partial charge in [-0.2, -0.15) is 0 Å². The van der Waals surface area contributed by atoms with Gasteiger partial charge in [-0.15, -0.1) is 0 Å². The number of halogens is 1. The summed E-state index contributed by atoms with van der Waals surface area (Å²) in [7, 11) is 0. The summed E-state index contributed by atoms with van der Waals surface area (Å²) in [6, 6.07) is 2.38. The van der Waals surface area contributed by atoms with Crippen LogP contribution in [0.3, 0.4) is 0 Å². The molecule has 1 N–H and O–H groups in total. The van der Waals surface area contributed by atoms with Gasteiger partial charge in [0.2, 0.25) is 0 Å². The van der Waals surface area contributed by atoms with E-state index in [1.165, 1.54) is 13.0 Å². The largest absolute Gasteiger partial charge is 0.490 e. The van der Waals surface area contributed by atoms with Crippen LogP contribution in [-0.4, -0.2) is 17.2 Å². The summed E-state index contributed by atoms with van der Waals surface area (Å²) in [5, 5.41) is 8.89. The second kappa shape index (κ2) is 4.29. The van der Waals surface area contributed by atoms with Gasteiger partial charge in [0.25, 0.3) is 0 Å². The van der Waals surface area contributed by atoms with Crippen LogP contribution < -0.4 is 4.74 Å². The third kappa shape index (κ3) is 2.68. The third-order valence-corrected chi connectivity index (χ3v) is 1.85. The molecule has 1 aromatic rings. The molecule has 15 heavy (non-hydrogen) atoms. The first kappa shape index (κ1) is 11.5. The molecule has 0 aliphatic carbocycles. The van der Waals surface area contributed by atoms with E-state index in [4.69, 9.17) is 9.84 Å². The maximum atomic E-state index is 13.2. The van der Waals surface area contributed by atoms with Gasteiger partial charge in [-0.3, -0.25) is 0 Å². The molecular weight excluding hydrogens is 199 g/mol. The summed E-state index contributed by atoms with van der Waals surface area (Å²) in [5.74, 6) is -1.51. The van der Waals surface area contributed by atoms with Crippen LogP contribution in [0.2, 0.25) is 0 Å². The first-order valence-corrected chi connectivity index (χ1v) is 4.62. The number of carboxylic acids is 1. The van der Waals surface area contributed by atoms with Crippen molar-refractivity contribution in [2.24, 2.45) is 0 Å². The van der Waals surface area contributed by atoms with Gasteiger partial charge in [-0.1, -0.05) is 0 Å². The van der Waals surface area contributed by atoms with Gasteiger partial charge in [0.05, 0.1) is 6.10 Å². The first-order valence-electron chi connectivity index (χ1n) is 4.62. The van der Waals surface area contributed by atoms with Gasteiger partial charge in [-0.05, 0) is 32.4 Å². The van der Waals surface area contributed by atoms with E-state index in [1.54, 1.807) is 13.8 Å². The summed E-state index contributed by atoms with van der Waals surface area (Å²) in [5.41, 5.74) is 0.283. The fourth-order valence-electron chi connectivity index (χ4n) is 1.18. The van der Waals surface area contributed by atoms with Gasteiger partial charge in [0, 0.05) is 6.07 Å². The molecule has 1 aromatic carbocycles. The Labute approximate surface area is 87.5 Å². The molecule has 3 nitrogen and oxygen atoms in total. The minimum absolute atomic E-state index is 0.0115. The van der Waals surface area contributed by atoms with E-state index < -0.39 is 11.8 Å². The summed E-state index contributed by atoms with van der Waals surface area (Å²) >= 11 is 0. The summed E-state index contributed by atoms with van der Waals surface area (Å²) < 4.78 is 18.4. The van der Waals surface area contributed by atoms with Crippen LogP contribution in [0.1, 0.15) is 29.8 Å². The zero-order valence-electron chi connectivity index (χ0n) is 8.87.